The molecule has 4 aromatic rings. The molecule has 0 aliphatic heterocycles. The second-order valence-corrected chi connectivity index (χ2v) is 7.67. The normalized spacial score (nSPS) is 10.8. The summed E-state index contributed by atoms with van der Waals surface area (Å²) in [5.41, 5.74) is 4.19. The minimum absolute atomic E-state index is 0.0725. The Morgan fingerprint density at radius 2 is 1.83 bits per heavy atom. The van der Waals surface area contributed by atoms with E-state index >= 15 is 0 Å². The number of hydrogen-bond donors (Lipinski definition) is 1. The van der Waals surface area contributed by atoms with Crippen molar-refractivity contribution in [2.24, 2.45) is 0 Å². The van der Waals surface area contributed by atoms with Gasteiger partial charge in [-0.1, -0.05) is 55.5 Å². The number of benzene rings is 2. The van der Waals surface area contributed by atoms with Crippen LogP contribution in [0.2, 0.25) is 0 Å². The van der Waals surface area contributed by atoms with Crippen LogP contribution in [0.5, 0.6) is 0 Å². The van der Waals surface area contributed by atoms with E-state index in [1.165, 1.54) is 0 Å². The van der Waals surface area contributed by atoms with E-state index in [4.69, 9.17) is 0 Å². The first-order chi connectivity index (χ1) is 14.2. The number of aromatic nitrogens is 2. The van der Waals surface area contributed by atoms with Crippen LogP contribution in [0.3, 0.4) is 0 Å². The Labute approximate surface area is 174 Å². The molecular formula is C23H22N4OS. The van der Waals surface area contributed by atoms with Crippen LogP contribution in [0.25, 0.3) is 21.3 Å². The van der Waals surface area contributed by atoms with Crippen molar-refractivity contribution >= 4 is 39.0 Å². The summed E-state index contributed by atoms with van der Waals surface area (Å²) in [6.45, 7) is 2.28. The predicted molar refractivity (Wildman–Crippen MR) is 121 cm³/mol. The minimum Gasteiger partial charge on any atom is -0.350 e. The highest BCUT2D eigenvalue weighted by molar-refractivity contribution is 7.17. The van der Waals surface area contributed by atoms with Gasteiger partial charge in [0.05, 0.1) is 11.9 Å². The Bertz CT molecular complexity index is 1140. The van der Waals surface area contributed by atoms with Gasteiger partial charge in [0.15, 0.2) is 0 Å². The third-order valence-corrected chi connectivity index (χ3v) is 5.74. The molecule has 6 heteroatoms. The zero-order valence-corrected chi connectivity index (χ0v) is 17.2. The first kappa shape index (κ1) is 19.1. The van der Waals surface area contributed by atoms with Crippen LogP contribution in [-0.2, 0) is 11.2 Å². The number of thiophene rings is 1. The van der Waals surface area contributed by atoms with Crippen molar-refractivity contribution in [1.82, 2.24) is 9.97 Å². The zero-order valence-electron chi connectivity index (χ0n) is 16.4. The highest BCUT2D eigenvalue weighted by Gasteiger charge is 2.18. The summed E-state index contributed by atoms with van der Waals surface area (Å²) in [4.78, 5) is 24.4. The molecule has 0 aliphatic carbocycles. The maximum atomic E-state index is 12.7. The van der Waals surface area contributed by atoms with Crippen molar-refractivity contribution in [1.29, 1.82) is 0 Å². The average Bonchev–Trinajstić information content (AvgIpc) is 3.19. The Morgan fingerprint density at radius 1 is 1.07 bits per heavy atom. The van der Waals surface area contributed by atoms with Crippen molar-refractivity contribution in [3.05, 3.63) is 71.9 Å². The van der Waals surface area contributed by atoms with Crippen LogP contribution in [0.15, 0.2) is 66.3 Å². The third kappa shape index (κ3) is 3.98. The standard InChI is InChI=1S/C23H22N4OS/c1-3-16-9-7-8-12-19(16)26-20(28)13-27(2)22-21-18(17-10-5-4-6-11-17)14-29-23(21)25-15-24-22/h4-12,14-15H,3,13H2,1-2H3,(H,26,28). The Balaban J connectivity index is 1.61. The van der Waals surface area contributed by atoms with Gasteiger partial charge in [0.25, 0.3) is 0 Å². The van der Waals surface area contributed by atoms with Gasteiger partial charge >= 0.3 is 0 Å². The lowest BCUT2D eigenvalue weighted by atomic mass is 10.1. The number of para-hydroxylation sites is 1. The molecule has 1 N–H and O–H groups in total. The predicted octanol–water partition coefficient (Wildman–Crippen LogP) is 5.00. The fourth-order valence-electron chi connectivity index (χ4n) is 3.41. The number of nitrogens with one attached hydrogen (secondary N) is 1. The van der Waals surface area contributed by atoms with Crippen LogP contribution < -0.4 is 10.2 Å². The Morgan fingerprint density at radius 3 is 2.62 bits per heavy atom. The summed E-state index contributed by atoms with van der Waals surface area (Å²) in [5, 5.41) is 6.11. The monoisotopic (exact) mass is 402 g/mol. The second kappa shape index (κ2) is 8.41. The van der Waals surface area contributed by atoms with E-state index in [0.29, 0.717) is 0 Å². The maximum Gasteiger partial charge on any atom is 0.243 e. The van der Waals surface area contributed by atoms with Crippen molar-refractivity contribution in [2.75, 3.05) is 23.8 Å². The lowest BCUT2D eigenvalue weighted by Crippen LogP contribution is -2.31. The molecule has 0 spiro atoms. The molecule has 0 atom stereocenters. The van der Waals surface area contributed by atoms with Gasteiger partial charge in [0, 0.05) is 23.7 Å². The quantitative estimate of drug-likeness (QED) is 0.493. The lowest BCUT2D eigenvalue weighted by Gasteiger charge is -2.19. The van der Waals surface area contributed by atoms with Crippen molar-refractivity contribution in [3.63, 3.8) is 0 Å². The summed E-state index contributed by atoms with van der Waals surface area (Å²) < 4.78 is 0. The van der Waals surface area contributed by atoms with E-state index < -0.39 is 0 Å². The number of fused-ring (bicyclic) bond motifs is 1. The number of anilines is 2. The molecule has 0 aliphatic rings. The molecule has 2 aromatic heterocycles. The third-order valence-electron chi connectivity index (χ3n) is 4.85. The average molecular weight is 403 g/mol. The highest BCUT2D eigenvalue weighted by Crippen LogP contribution is 2.37. The summed E-state index contributed by atoms with van der Waals surface area (Å²) in [6.07, 6.45) is 2.43. The molecule has 5 nitrogen and oxygen atoms in total. The first-order valence-electron chi connectivity index (χ1n) is 9.54. The van der Waals surface area contributed by atoms with E-state index in [1.54, 1.807) is 17.7 Å². The van der Waals surface area contributed by atoms with Crippen molar-refractivity contribution in [3.8, 4) is 11.1 Å². The summed E-state index contributed by atoms with van der Waals surface area (Å²) in [7, 11) is 1.89. The molecule has 0 radical (unpaired) electrons. The van der Waals surface area contributed by atoms with Crippen LogP contribution in [-0.4, -0.2) is 29.5 Å². The fourth-order valence-corrected chi connectivity index (χ4v) is 4.32. The molecule has 0 saturated heterocycles. The van der Waals surface area contributed by atoms with Gasteiger partial charge in [-0.15, -0.1) is 11.3 Å². The SMILES string of the molecule is CCc1ccccc1NC(=O)CN(C)c1ncnc2scc(-c3ccccc3)c12. The van der Waals surface area contributed by atoms with E-state index in [1.807, 2.05) is 54.4 Å². The molecule has 0 bridgehead atoms. The Kier molecular flexibility index (Phi) is 5.53. The number of likely N-dealkylation sites (N-methyl/N-ethyl adjacent to an activating group) is 1. The molecule has 2 heterocycles. The van der Waals surface area contributed by atoms with Gasteiger partial charge < -0.3 is 10.2 Å². The van der Waals surface area contributed by atoms with E-state index in [0.717, 1.165) is 44.8 Å². The van der Waals surface area contributed by atoms with Crippen LogP contribution in [0.1, 0.15) is 12.5 Å². The summed E-state index contributed by atoms with van der Waals surface area (Å²) in [5.74, 6) is 0.686. The molecule has 146 valence electrons. The van der Waals surface area contributed by atoms with Crippen LogP contribution in [0, 0.1) is 0 Å². The largest absolute Gasteiger partial charge is 0.350 e. The van der Waals surface area contributed by atoms with E-state index in [9.17, 15) is 4.79 Å². The second-order valence-electron chi connectivity index (χ2n) is 6.81. The number of rotatable bonds is 6. The van der Waals surface area contributed by atoms with Crippen molar-refractivity contribution in [2.45, 2.75) is 13.3 Å². The molecule has 0 unspecified atom stereocenters. The van der Waals surface area contributed by atoms with E-state index in [-0.39, 0.29) is 12.5 Å². The van der Waals surface area contributed by atoms with Crippen LogP contribution in [0.4, 0.5) is 11.5 Å². The zero-order chi connectivity index (χ0) is 20.2. The van der Waals surface area contributed by atoms with Gasteiger partial charge in [0.2, 0.25) is 5.91 Å². The molecule has 2 aromatic carbocycles. The van der Waals surface area contributed by atoms with Gasteiger partial charge in [-0.25, -0.2) is 9.97 Å². The maximum absolute atomic E-state index is 12.7. The molecule has 29 heavy (non-hydrogen) atoms. The number of nitrogens with zero attached hydrogens (tertiary/aromatic N) is 3. The van der Waals surface area contributed by atoms with Gasteiger partial charge in [0.1, 0.15) is 17.0 Å². The smallest absolute Gasteiger partial charge is 0.243 e. The molecular weight excluding hydrogens is 380 g/mol. The van der Waals surface area contributed by atoms with Gasteiger partial charge in [-0.05, 0) is 23.6 Å². The van der Waals surface area contributed by atoms with Crippen LogP contribution >= 0.6 is 11.3 Å². The van der Waals surface area contributed by atoms with E-state index in [2.05, 4.69) is 39.7 Å². The number of carbonyl (C=O) groups is 1. The number of hydrogen-bond acceptors (Lipinski definition) is 5. The highest BCUT2D eigenvalue weighted by atomic mass is 32.1. The molecule has 1 amide bonds. The lowest BCUT2D eigenvalue weighted by molar-refractivity contribution is -0.114. The molecule has 4 rings (SSSR count). The number of carbonyl (C=O) groups excluding carboxylic acids is 1. The first-order valence-corrected chi connectivity index (χ1v) is 10.4. The summed E-state index contributed by atoms with van der Waals surface area (Å²) >= 11 is 1.59. The molecule has 0 saturated carbocycles. The topological polar surface area (TPSA) is 58.1 Å². The van der Waals surface area contributed by atoms with Gasteiger partial charge in [-0.2, -0.15) is 0 Å². The fraction of sp³-hybridized carbons (Fsp3) is 0.174. The summed E-state index contributed by atoms with van der Waals surface area (Å²) in [6, 6.07) is 18.1. The Hall–Kier alpha value is -3.25. The van der Waals surface area contributed by atoms with Gasteiger partial charge in [-0.3, -0.25) is 4.79 Å². The molecule has 0 fully saturated rings. The minimum atomic E-state index is -0.0725. The number of amides is 1. The number of aryl methyl sites for hydroxylation is 1. The van der Waals surface area contributed by atoms with Crippen molar-refractivity contribution < 1.29 is 4.79 Å².